The van der Waals surface area contributed by atoms with Crippen LogP contribution in [-0.4, -0.2) is 5.11 Å². The van der Waals surface area contributed by atoms with Crippen molar-refractivity contribution in [3.8, 4) is 5.75 Å². The molecule has 0 aliphatic heterocycles. The zero-order valence-corrected chi connectivity index (χ0v) is 12.6. The lowest BCUT2D eigenvalue weighted by Crippen LogP contribution is -1.98. The maximum absolute atomic E-state index is 9.66. The van der Waals surface area contributed by atoms with Crippen LogP contribution in [0, 0.1) is 6.92 Å². The summed E-state index contributed by atoms with van der Waals surface area (Å²) in [6.45, 7) is 5.76. The number of phenols is 1. The van der Waals surface area contributed by atoms with Crippen molar-refractivity contribution in [1.29, 1.82) is 0 Å². The second kappa shape index (κ2) is 6.91. The second-order valence-corrected chi connectivity index (χ2v) is 4.44. The van der Waals surface area contributed by atoms with Gasteiger partial charge >= 0.3 is 0 Å². The zero-order chi connectivity index (χ0) is 15.3. The van der Waals surface area contributed by atoms with E-state index in [2.05, 4.69) is 5.32 Å². The summed E-state index contributed by atoms with van der Waals surface area (Å²) in [5.74, 6) is 0.0111. The molecule has 0 heterocycles. The first kappa shape index (κ1) is 16.0. The molecule has 0 radical (unpaired) electrons. The Hall–Kier alpha value is -2.07. The van der Waals surface area contributed by atoms with Gasteiger partial charge in [0.1, 0.15) is 10.8 Å². The minimum absolute atomic E-state index is 0.0111. The SMILES string of the molecule is CC.Cc1cc(Nc2ccc(N)cc2)c(N)c(Cl)c1O. The van der Waals surface area contributed by atoms with E-state index in [9.17, 15) is 5.11 Å². The first-order valence-electron chi connectivity index (χ1n) is 6.39. The molecule has 0 atom stereocenters. The fourth-order valence-electron chi connectivity index (χ4n) is 1.61. The highest BCUT2D eigenvalue weighted by Gasteiger charge is 2.11. The monoisotopic (exact) mass is 293 g/mol. The van der Waals surface area contributed by atoms with Crippen molar-refractivity contribution in [1.82, 2.24) is 0 Å². The van der Waals surface area contributed by atoms with Crippen LogP contribution in [-0.2, 0) is 0 Å². The van der Waals surface area contributed by atoms with E-state index in [0.717, 1.165) is 5.69 Å². The Labute approximate surface area is 124 Å². The van der Waals surface area contributed by atoms with Crippen molar-refractivity contribution in [2.75, 3.05) is 16.8 Å². The summed E-state index contributed by atoms with van der Waals surface area (Å²) in [5, 5.41) is 13.0. The van der Waals surface area contributed by atoms with Crippen molar-refractivity contribution >= 4 is 34.4 Å². The van der Waals surface area contributed by atoms with E-state index in [1.165, 1.54) is 0 Å². The van der Waals surface area contributed by atoms with Crippen LogP contribution in [0.4, 0.5) is 22.7 Å². The number of aryl methyl sites for hydroxylation is 1. The summed E-state index contributed by atoms with van der Waals surface area (Å²) in [6.07, 6.45) is 0. The van der Waals surface area contributed by atoms with E-state index < -0.39 is 0 Å². The number of hydrogen-bond donors (Lipinski definition) is 4. The second-order valence-electron chi connectivity index (χ2n) is 4.06. The number of phenolic OH excluding ortho intramolecular Hbond substituents is 1. The highest BCUT2D eigenvalue weighted by Crippen LogP contribution is 2.39. The van der Waals surface area contributed by atoms with Gasteiger partial charge in [-0.15, -0.1) is 0 Å². The van der Waals surface area contributed by atoms with Crippen molar-refractivity contribution < 1.29 is 5.11 Å². The minimum Gasteiger partial charge on any atom is -0.506 e. The fraction of sp³-hybridized carbons (Fsp3) is 0.200. The molecule has 4 nitrogen and oxygen atoms in total. The van der Waals surface area contributed by atoms with E-state index in [-0.39, 0.29) is 10.8 Å². The molecule has 0 saturated heterocycles. The lowest BCUT2D eigenvalue weighted by Gasteiger charge is -2.13. The number of anilines is 4. The highest BCUT2D eigenvalue weighted by atomic mass is 35.5. The number of halogens is 1. The minimum atomic E-state index is 0.0111. The van der Waals surface area contributed by atoms with E-state index in [1.807, 2.05) is 26.0 Å². The third-order valence-corrected chi connectivity index (χ3v) is 3.04. The molecule has 0 aromatic heterocycles. The Morgan fingerprint density at radius 2 is 1.65 bits per heavy atom. The Balaban J connectivity index is 0.000000956. The van der Waals surface area contributed by atoms with Crippen LogP contribution in [0.5, 0.6) is 5.75 Å². The number of nitrogens with one attached hydrogen (secondary N) is 1. The molecule has 6 N–H and O–H groups in total. The van der Waals surface area contributed by atoms with E-state index >= 15 is 0 Å². The molecule has 0 bridgehead atoms. The number of nitrogens with two attached hydrogens (primary N) is 2. The number of nitrogen functional groups attached to an aromatic ring is 2. The van der Waals surface area contributed by atoms with Gasteiger partial charge in [-0.3, -0.25) is 0 Å². The van der Waals surface area contributed by atoms with Crippen molar-refractivity contribution in [2.24, 2.45) is 0 Å². The summed E-state index contributed by atoms with van der Waals surface area (Å²) in [5.41, 5.74) is 14.6. The van der Waals surface area contributed by atoms with Gasteiger partial charge in [0.15, 0.2) is 0 Å². The van der Waals surface area contributed by atoms with Crippen LogP contribution in [0.1, 0.15) is 19.4 Å². The molecule has 20 heavy (non-hydrogen) atoms. The van der Waals surface area contributed by atoms with Crippen LogP contribution in [0.25, 0.3) is 0 Å². The van der Waals surface area contributed by atoms with Crippen LogP contribution >= 0.6 is 11.6 Å². The maximum Gasteiger partial charge on any atom is 0.139 e. The van der Waals surface area contributed by atoms with Crippen molar-refractivity contribution in [3.63, 3.8) is 0 Å². The molecule has 0 unspecified atom stereocenters. The molecule has 0 aliphatic carbocycles. The molecular weight excluding hydrogens is 274 g/mol. The predicted molar refractivity (Wildman–Crippen MR) is 87.8 cm³/mol. The molecule has 0 amide bonds. The number of rotatable bonds is 2. The van der Waals surface area contributed by atoms with Gasteiger partial charge in [-0.25, -0.2) is 0 Å². The van der Waals surface area contributed by atoms with Gasteiger partial charge in [0.2, 0.25) is 0 Å². The van der Waals surface area contributed by atoms with Gasteiger partial charge in [-0.1, -0.05) is 25.4 Å². The molecule has 2 aromatic rings. The van der Waals surface area contributed by atoms with Gasteiger partial charge in [0.25, 0.3) is 0 Å². The summed E-state index contributed by atoms with van der Waals surface area (Å²) in [4.78, 5) is 0. The normalized spacial score (nSPS) is 9.60. The first-order chi connectivity index (χ1) is 9.49. The third-order valence-electron chi connectivity index (χ3n) is 2.66. The zero-order valence-electron chi connectivity index (χ0n) is 11.9. The Bertz CT molecular complexity index is 583. The molecule has 0 aliphatic rings. The molecule has 2 rings (SSSR count). The largest absolute Gasteiger partial charge is 0.506 e. The molecule has 0 saturated carbocycles. The lowest BCUT2D eigenvalue weighted by atomic mass is 10.1. The van der Waals surface area contributed by atoms with Crippen LogP contribution in [0.2, 0.25) is 5.02 Å². The van der Waals surface area contributed by atoms with E-state index in [4.69, 9.17) is 23.1 Å². The average Bonchev–Trinajstić information content (AvgIpc) is 2.47. The number of benzene rings is 2. The van der Waals surface area contributed by atoms with E-state index in [1.54, 1.807) is 25.1 Å². The third kappa shape index (κ3) is 3.48. The quantitative estimate of drug-likeness (QED) is 0.491. The Morgan fingerprint density at radius 3 is 2.20 bits per heavy atom. The van der Waals surface area contributed by atoms with E-state index in [0.29, 0.717) is 22.6 Å². The van der Waals surface area contributed by atoms with Gasteiger partial charge in [0, 0.05) is 11.4 Å². The Kier molecular flexibility index (Phi) is 5.53. The van der Waals surface area contributed by atoms with Gasteiger partial charge in [0.05, 0.1) is 11.4 Å². The van der Waals surface area contributed by atoms with Gasteiger partial charge < -0.3 is 21.9 Å². The molecule has 2 aromatic carbocycles. The summed E-state index contributed by atoms with van der Waals surface area (Å²) < 4.78 is 0. The molecule has 5 heteroatoms. The first-order valence-corrected chi connectivity index (χ1v) is 6.77. The van der Waals surface area contributed by atoms with Crippen LogP contribution < -0.4 is 16.8 Å². The van der Waals surface area contributed by atoms with Crippen molar-refractivity contribution in [3.05, 3.63) is 40.9 Å². The summed E-state index contributed by atoms with van der Waals surface area (Å²) >= 11 is 5.94. The predicted octanol–water partition coefficient (Wildman–Crippen LogP) is 4.29. The maximum atomic E-state index is 9.66. The number of hydrogen-bond acceptors (Lipinski definition) is 4. The number of aromatic hydroxyl groups is 1. The standard InChI is InChI=1S/C13H14ClN3O.C2H6/c1-7-6-10(12(16)11(14)13(7)18)17-9-4-2-8(15)3-5-9;1-2/h2-6,17-18H,15-16H2,1H3;1-2H3. The molecular formula is C15H20ClN3O. The van der Waals surface area contributed by atoms with Gasteiger partial charge in [-0.05, 0) is 42.8 Å². The van der Waals surface area contributed by atoms with Gasteiger partial charge in [-0.2, -0.15) is 0 Å². The molecule has 108 valence electrons. The average molecular weight is 294 g/mol. The topological polar surface area (TPSA) is 84.3 Å². The van der Waals surface area contributed by atoms with Crippen LogP contribution in [0.15, 0.2) is 30.3 Å². The molecule has 0 spiro atoms. The summed E-state index contributed by atoms with van der Waals surface area (Å²) in [6, 6.07) is 8.99. The smallest absolute Gasteiger partial charge is 0.139 e. The van der Waals surface area contributed by atoms with Crippen molar-refractivity contribution in [2.45, 2.75) is 20.8 Å². The summed E-state index contributed by atoms with van der Waals surface area (Å²) in [7, 11) is 0. The van der Waals surface area contributed by atoms with Crippen LogP contribution in [0.3, 0.4) is 0 Å². The Morgan fingerprint density at radius 1 is 1.10 bits per heavy atom. The molecule has 0 fully saturated rings. The highest BCUT2D eigenvalue weighted by molar-refractivity contribution is 6.35. The lowest BCUT2D eigenvalue weighted by molar-refractivity contribution is 0.472. The fourth-order valence-corrected chi connectivity index (χ4v) is 1.86.